The van der Waals surface area contributed by atoms with Gasteiger partial charge < -0.3 is 9.84 Å². The molecule has 0 saturated carbocycles. The van der Waals surface area contributed by atoms with Crippen LogP contribution in [0.25, 0.3) is 0 Å². The van der Waals surface area contributed by atoms with Gasteiger partial charge >= 0.3 is 0 Å². The Bertz CT molecular complexity index is 510. The van der Waals surface area contributed by atoms with Crippen molar-refractivity contribution in [2.75, 3.05) is 26.3 Å². The Labute approximate surface area is 120 Å². The molecule has 112 valence electrons. The van der Waals surface area contributed by atoms with Gasteiger partial charge in [-0.25, -0.2) is 8.42 Å². The lowest BCUT2D eigenvalue weighted by Gasteiger charge is -2.20. The summed E-state index contributed by atoms with van der Waals surface area (Å²) in [5, 5.41) is 8.67. The number of nitrogens with zero attached hydrogens (tertiary/aromatic N) is 1. The van der Waals surface area contributed by atoms with Crippen LogP contribution in [-0.2, 0) is 10.0 Å². The lowest BCUT2D eigenvalue weighted by molar-refractivity contribution is 0.201. The summed E-state index contributed by atoms with van der Waals surface area (Å²) in [7, 11) is -3.51. The van der Waals surface area contributed by atoms with E-state index in [4.69, 9.17) is 9.84 Å². The zero-order valence-electron chi connectivity index (χ0n) is 11.7. The molecule has 0 spiro atoms. The second kappa shape index (κ2) is 8.04. The SMILES string of the molecule is C=CCN(CCC)S(=O)(=O)c1ccc(OCCO)cc1. The molecule has 0 aliphatic carbocycles. The normalized spacial score (nSPS) is 11.6. The summed E-state index contributed by atoms with van der Waals surface area (Å²) in [6, 6.07) is 6.18. The number of benzene rings is 1. The summed E-state index contributed by atoms with van der Waals surface area (Å²) in [6.45, 7) is 6.37. The van der Waals surface area contributed by atoms with Crippen molar-refractivity contribution >= 4 is 10.0 Å². The average Bonchev–Trinajstić information content (AvgIpc) is 2.45. The topological polar surface area (TPSA) is 66.8 Å². The average molecular weight is 299 g/mol. The van der Waals surface area contributed by atoms with Gasteiger partial charge in [-0.1, -0.05) is 13.0 Å². The number of ether oxygens (including phenoxy) is 1. The van der Waals surface area contributed by atoms with Gasteiger partial charge in [-0.05, 0) is 30.7 Å². The molecule has 0 bridgehead atoms. The highest BCUT2D eigenvalue weighted by Crippen LogP contribution is 2.19. The van der Waals surface area contributed by atoms with Crippen molar-refractivity contribution in [3.63, 3.8) is 0 Å². The summed E-state index contributed by atoms with van der Waals surface area (Å²) in [5.41, 5.74) is 0. The molecule has 0 aliphatic heterocycles. The van der Waals surface area contributed by atoms with Crippen LogP contribution in [0.4, 0.5) is 0 Å². The molecule has 6 heteroatoms. The molecule has 0 unspecified atom stereocenters. The van der Waals surface area contributed by atoms with E-state index < -0.39 is 10.0 Å². The fraction of sp³-hybridized carbons (Fsp3) is 0.429. The highest BCUT2D eigenvalue weighted by atomic mass is 32.2. The van der Waals surface area contributed by atoms with Crippen LogP contribution in [0, 0.1) is 0 Å². The van der Waals surface area contributed by atoms with Crippen molar-refractivity contribution in [2.24, 2.45) is 0 Å². The molecule has 20 heavy (non-hydrogen) atoms. The smallest absolute Gasteiger partial charge is 0.243 e. The molecule has 0 fully saturated rings. The zero-order valence-corrected chi connectivity index (χ0v) is 12.5. The van der Waals surface area contributed by atoms with E-state index in [2.05, 4.69) is 6.58 Å². The Kier molecular flexibility index (Phi) is 6.70. The largest absolute Gasteiger partial charge is 0.491 e. The second-order valence-corrected chi connectivity index (χ2v) is 6.13. The lowest BCUT2D eigenvalue weighted by Crippen LogP contribution is -2.31. The third-order valence-electron chi connectivity index (χ3n) is 2.63. The van der Waals surface area contributed by atoms with Gasteiger partial charge in [0, 0.05) is 13.1 Å². The van der Waals surface area contributed by atoms with Crippen LogP contribution in [-0.4, -0.2) is 44.1 Å². The van der Waals surface area contributed by atoms with Crippen LogP contribution in [0.1, 0.15) is 13.3 Å². The molecule has 0 aromatic heterocycles. The van der Waals surface area contributed by atoms with Crippen molar-refractivity contribution < 1.29 is 18.3 Å². The van der Waals surface area contributed by atoms with Crippen molar-refractivity contribution in [3.8, 4) is 5.75 Å². The fourth-order valence-corrected chi connectivity index (χ4v) is 3.23. The van der Waals surface area contributed by atoms with Gasteiger partial charge in [0.05, 0.1) is 11.5 Å². The fourth-order valence-electron chi connectivity index (χ4n) is 1.72. The minimum absolute atomic E-state index is 0.0797. The third kappa shape index (κ3) is 4.33. The van der Waals surface area contributed by atoms with Crippen LogP contribution in [0.2, 0.25) is 0 Å². The van der Waals surface area contributed by atoms with Gasteiger partial charge in [0.15, 0.2) is 0 Å². The van der Waals surface area contributed by atoms with Gasteiger partial charge in [0.1, 0.15) is 12.4 Å². The highest BCUT2D eigenvalue weighted by molar-refractivity contribution is 7.89. The van der Waals surface area contributed by atoms with Gasteiger partial charge in [0.25, 0.3) is 0 Å². The van der Waals surface area contributed by atoms with Crippen molar-refractivity contribution in [1.29, 1.82) is 0 Å². The van der Waals surface area contributed by atoms with E-state index >= 15 is 0 Å². The molecule has 1 aromatic rings. The molecule has 1 N–H and O–H groups in total. The Morgan fingerprint density at radius 1 is 1.35 bits per heavy atom. The molecular weight excluding hydrogens is 278 g/mol. The van der Waals surface area contributed by atoms with E-state index in [-0.39, 0.29) is 18.1 Å². The van der Waals surface area contributed by atoms with Gasteiger partial charge in [-0.2, -0.15) is 4.31 Å². The number of sulfonamides is 1. The predicted molar refractivity (Wildman–Crippen MR) is 78.3 cm³/mol. The number of hydrogen-bond acceptors (Lipinski definition) is 4. The first kappa shape index (κ1) is 16.7. The molecule has 0 radical (unpaired) electrons. The molecule has 0 saturated heterocycles. The summed E-state index contributed by atoms with van der Waals surface area (Å²) in [5.74, 6) is 0.531. The van der Waals surface area contributed by atoms with Crippen LogP contribution < -0.4 is 4.74 Å². The molecule has 1 aromatic carbocycles. The molecule has 0 amide bonds. The minimum Gasteiger partial charge on any atom is -0.491 e. The van der Waals surface area contributed by atoms with E-state index in [1.807, 2.05) is 6.92 Å². The van der Waals surface area contributed by atoms with E-state index in [0.717, 1.165) is 6.42 Å². The van der Waals surface area contributed by atoms with Crippen molar-refractivity contribution in [1.82, 2.24) is 4.31 Å². The van der Waals surface area contributed by atoms with Crippen molar-refractivity contribution in [2.45, 2.75) is 18.2 Å². The third-order valence-corrected chi connectivity index (χ3v) is 4.51. The Balaban J connectivity index is 2.93. The van der Waals surface area contributed by atoms with E-state index in [1.165, 1.54) is 16.4 Å². The maximum Gasteiger partial charge on any atom is 0.243 e. The predicted octanol–water partition coefficient (Wildman–Crippen LogP) is 1.64. The van der Waals surface area contributed by atoms with Crippen LogP contribution in [0.5, 0.6) is 5.75 Å². The Morgan fingerprint density at radius 2 is 2.00 bits per heavy atom. The Morgan fingerprint density at radius 3 is 2.50 bits per heavy atom. The minimum atomic E-state index is -3.51. The summed E-state index contributed by atoms with van der Waals surface area (Å²) >= 11 is 0. The van der Waals surface area contributed by atoms with E-state index in [9.17, 15) is 8.42 Å². The summed E-state index contributed by atoms with van der Waals surface area (Å²) in [4.78, 5) is 0.226. The van der Waals surface area contributed by atoms with Gasteiger partial charge in [-0.15, -0.1) is 6.58 Å². The van der Waals surface area contributed by atoms with Gasteiger partial charge in [-0.3, -0.25) is 0 Å². The maximum atomic E-state index is 12.4. The Hall–Kier alpha value is -1.37. The molecule has 0 heterocycles. The summed E-state index contributed by atoms with van der Waals surface area (Å²) < 4.78 is 31.5. The number of aliphatic hydroxyl groups excluding tert-OH is 1. The maximum absolute atomic E-state index is 12.4. The molecule has 1 rings (SSSR count). The number of hydrogen-bond donors (Lipinski definition) is 1. The van der Waals surface area contributed by atoms with Crippen LogP contribution in [0.15, 0.2) is 41.8 Å². The first-order chi connectivity index (χ1) is 9.56. The lowest BCUT2D eigenvalue weighted by atomic mass is 10.3. The monoisotopic (exact) mass is 299 g/mol. The van der Waals surface area contributed by atoms with Crippen molar-refractivity contribution in [3.05, 3.63) is 36.9 Å². The molecular formula is C14H21NO4S. The first-order valence-electron chi connectivity index (χ1n) is 6.51. The highest BCUT2D eigenvalue weighted by Gasteiger charge is 2.22. The van der Waals surface area contributed by atoms with E-state index in [1.54, 1.807) is 18.2 Å². The van der Waals surface area contributed by atoms with Crippen LogP contribution in [0.3, 0.4) is 0 Å². The number of aliphatic hydroxyl groups is 1. The quantitative estimate of drug-likeness (QED) is 0.704. The van der Waals surface area contributed by atoms with Crippen LogP contribution >= 0.6 is 0 Å². The second-order valence-electron chi connectivity index (χ2n) is 4.20. The molecule has 0 atom stereocenters. The summed E-state index contributed by atoms with van der Waals surface area (Å²) in [6.07, 6.45) is 2.32. The first-order valence-corrected chi connectivity index (χ1v) is 7.95. The van der Waals surface area contributed by atoms with Gasteiger partial charge in [0.2, 0.25) is 10.0 Å². The zero-order chi connectivity index (χ0) is 15.0. The van der Waals surface area contributed by atoms with E-state index in [0.29, 0.717) is 18.8 Å². The molecule has 0 aliphatic rings. The number of rotatable bonds is 9. The molecule has 5 nitrogen and oxygen atoms in total. The standard InChI is InChI=1S/C14H21NO4S/c1-3-9-15(10-4-2)20(17,18)14-7-5-13(6-8-14)19-12-11-16/h3,5-8,16H,1,4,9-12H2,2H3.